The van der Waals surface area contributed by atoms with Crippen LogP contribution in [0.5, 0.6) is 11.5 Å². The van der Waals surface area contributed by atoms with Crippen LogP contribution in [0.2, 0.25) is 0 Å². The van der Waals surface area contributed by atoms with Crippen LogP contribution in [0.15, 0.2) is 58.6 Å². The van der Waals surface area contributed by atoms with Gasteiger partial charge in [-0.1, -0.05) is 12.1 Å². The van der Waals surface area contributed by atoms with Gasteiger partial charge in [-0.3, -0.25) is 19.8 Å². The number of urea groups is 1. The van der Waals surface area contributed by atoms with Crippen LogP contribution in [-0.2, 0) is 22.7 Å². The molecule has 0 spiro atoms. The molecule has 0 radical (unpaired) electrons. The van der Waals surface area contributed by atoms with Crippen LogP contribution in [0.3, 0.4) is 0 Å². The number of hydrogen-bond acceptors (Lipinski definition) is 10. The van der Waals surface area contributed by atoms with E-state index in [1.807, 2.05) is 0 Å². The third-order valence-electron chi connectivity index (χ3n) is 5.77. The van der Waals surface area contributed by atoms with E-state index in [1.165, 1.54) is 55.7 Å². The fourth-order valence-corrected chi connectivity index (χ4v) is 3.84. The van der Waals surface area contributed by atoms with Crippen molar-refractivity contribution in [1.82, 2.24) is 10.2 Å². The maximum atomic E-state index is 13.0. The molecule has 14 nitrogen and oxygen atoms in total. The van der Waals surface area contributed by atoms with E-state index in [0.717, 1.165) is 11.0 Å². The number of nitro groups is 1. The lowest BCUT2D eigenvalue weighted by atomic mass is 10.1. The number of nitrogens with one attached hydrogen (secondary N) is 1. The maximum absolute atomic E-state index is 13.0. The first-order valence-electron chi connectivity index (χ1n) is 12.0. The summed E-state index contributed by atoms with van der Waals surface area (Å²) < 4.78 is 21.2. The van der Waals surface area contributed by atoms with Crippen molar-refractivity contribution in [2.24, 2.45) is 0 Å². The van der Waals surface area contributed by atoms with E-state index in [1.54, 1.807) is 6.92 Å². The highest BCUT2D eigenvalue weighted by molar-refractivity contribution is 6.14. The molecule has 2 N–H and O–H groups in total. The summed E-state index contributed by atoms with van der Waals surface area (Å²) in [6.07, 6.45) is 1.26. The lowest BCUT2D eigenvalue weighted by molar-refractivity contribution is -0.386. The van der Waals surface area contributed by atoms with E-state index < -0.39 is 34.5 Å². The number of furan rings is 1. The van der Waals surface area contributed by atoms with Crippen molar-refractivity contribution in [1.29, 1.82) is 0 Å². The summed E-state index contributed by atoms with van der Waals surface area (Å²) in [7, 11) is 1.18. The summed E-state index contributed by atoms with van der Waals surface area (Å²) in [5.41, 5.74) is 0.208. The molecule has 1 saturated heterocycles. The van der Waals surface area contributed by atoms with Gasteiger partial charge in [0.15, 0.2) is 5.75 Å². The lowest BCUT2D eigenvalue weighted by Crippen LogP contribution is -2.30. The Morgan fingerprint density at radius 2 is 1.85 bits per heavy atom. The van der Waals surface area contributed by atoms with Gasteiger partial charge in [0.1, 0.15) is 18.1 Å². The Kier molecular flexibility index (Phi) is 8.32. The van der Waals surface area contributed by atoms with Crippen molar-refractivity contribution in [3.05, 3.63) is 92.6 Å². The van der Waals surface area contributed by atoms with Gasteiger partial charge in [0, 0.05) is 6.07 Å². The molecule has 4 rings (SSSR count). The molecule has 3 aromatic rings. The molecule has 1 aromatic heterocycles. The SMILES string of the molecule is CCOc1cc(/C=C2\NC(=O)N(Cc3ccc(C(=O)OC)o3)C2=O)cc([N+](=O)[O-])c1OCc1ccc(C(=O)O)cc1. The Morgan fingerprint density at radius 3 is 2.49 bits per heavy atom. The highest BCUT2D eigenvalue weighted by atomic mass is 16.6. The van der Waals surface area contributed by atoms with Crippen LogP contribution >= 0.6 is 0 Å². The van der Waals surface area contributed by atoms with Crippen LogP contribution < -0.4 is 14.8 Å². The number of carboxylic acid groups (broad SMARTS) is 1. The minimum Gasteiger partial charge on any atom is -0.490 e. The van der Waals surface area contributed by atoms with Crippen molar-refractivity contribution in [3.63, 3.8) is 0 Å². The number of hydrogen-bond donors (Lipinski definition) is 2. The van der Waals surface area contributed by atoms with Crippen LogP contribution in [0, 0.1) is 10.1 Å². The number of imide groups is 1. The molecule has 1 fully saturated rings. The molecule has 0 saturated carbocycles. The molecule has 2 heterocycles. The van der Waals surface area contributed by atoms with Crippen LogP contribution in [0.4, 0.5) is 10.5 Å². The molecule has 2 aromatic carbocycles. The summed E-state index contributed by atoms with van der Waals surface area (Å²) in [5.74, 6) is -2.62. The van der Waals surface area contributed by atoms with Gasteiger partial charge in [-0.25, -0.2) is 14.4 Å². The third-order valence-corrected chi connectivity index (χ3v) is 5.77. The van der Waals surface area contributed by atoms with Crippen molar-refractivity contribution in [3.8, 4) is 11.5 Å². The normalized spacial score (nSPS) is 13.7. The molecular weight excluding hydrogens is 542 g/mol. The average molecular weight is 565 g/mol. The van der Waals surface area contributed by atoms with Crippen molar-refractivity contribution >= 4 is 35.6 Å². The van der Waals surface area contributed by atoms with Crippen molar-refractivity contribution in [2.45, 2.75) is 20.1 Å². The number of aromatic carboxylic acids is 1. The summed E-state index contributed by atoms with van der Waals surface area (Å²) in [5, 5.41) is 23.4. The minimum absolute atomic E-state index is 0.0234. The lowest BCUT2D eigenvalue weighted by Gasteiger charge is -2.13. The number of nitro benzene ring substituents is 1. The summed E-state index contributed by atoms with van der Waals surface area (Å²) >= 11 is 0. The first-order valence-corrected chi connectivity index (χ1v) is 12.0. The molecule has 0 unspecified atom stereocenters. The van der Waals surface area contributed by atoms with Crippen molar-refractivity contribution < 1.29 is 47.8 Å². The molecule has 212 valence electrons. The second kappa shape index (κ2) is 12.0. The second-order valence-corrected chi connectivity index (χ2v) is 8.49. The third kappa shape index (κ3) is 6.33. The van der Waals surface area contributed by atoms with Gasteiger partial charge in [-0.2, -0.15) is 0 Å². The zero-order valence-electron chi connectivity index (χ0n) is 21.7. The van der Waals surface area contributed by atoms with Crippen LogP contribution in [0.1, 0.15) is 44.7 Å². The second-order valence-electron chi connectivity index (χ2n) is 8.49. The number of esters is 1. The standard InChI is InChI=1S/C27H23N3O11/c1-3-39-22-12-16(11-20(30(36)37)23(22)40-14-15-4-6-17(7-5-15)25(32)33)10-19-24(31)29(27(35)28-19)13-18-8-9-21(41-18)26(34)38-2/h4-12H,3,13-14H2,1-2H3,(H,28,35)(H,32,33)/b19-10-. The molecule has 0 aliphatic carbocycles. The summed E-state index contributed by atoms with van der Waals surface area (Å²) in [4.78, 5) is 60.2. The highest BCUT2D eigenvalue weighted by Crippen LogP contribution is 2.40. The van der Waals surface area contributed by atoms with Crippen LogP contribution in [0.25, 0.3) is 6.08 Å². The zero-order valence-corrected chi connectivity index (χ0v) is 21.7. The van der Waals surface area contributed by atoms with Crippen molar-refractivity contribution in [2.75, 3.05) is 13.7 Å². The van der Waals surface area contributed by atoms with E-state index in [-0.39, 0.29) is 59.6 Å². The predicted octanol–water partition coefficient (Wildman–Crippen LogP) is 3.74. The Hall–Kier alpha value is -5.66. The maximum Gasteiger partial charge on any atom is 0.373 e. The molecular formula is C27H23N3O11. The number of benzene rings is 2. The molecule has 1 aliphatic rings. The van der Waals surface area contributed by atoms with Crippen LogP contribution in [-0.4, -0.2) is 52.5 Å². The van der Waals surface area contributed by atoms with Gasteiger partial charge in [0.2, 0.25) is 11.5 Å². The predicted molar refractivity (Wildman–Crippen MR) is 139 cm³/mol. The largest absolute Gasteiger partial charge is 0.490 e. The summed E-state index contributed by atoms with van der Waals surface area (Å²) in [6.45, 7) is 1.42. The molecule has 14 heteroatoms. The number of ether oxygens (including phenoxy) is 3. The molecule has 41 heavy (non-hydrogen) atoms. The number of methoxy groups -OCH3 is 1. The topological polar surface area (TPSA) is 188 Å². The van der Waals surface area contributed by atoms with E-state index in [0.29, 0.717) is 5.56 Å². The van der Waals surface area contributed by atoms with Gasteiger partial charge in [0.25, 0.3) is 5.91 Å². The molecule has 0 atom stereocenters. The number of rotatable bonds is 11. The van der Waals surface area contributed by atoms with Gasteiger partial charge < -0.3 is 29.1 Å². The number of carbonyl (C=O) groups is 4. The van der Waals surface area contributed by atoms with Gasteiger partial charge in [-0.15, -0.1) is 0 Å². The number of carboxylic acids is 1. The Bertz CT molecular complexity index is 1560. The van der Waals surface area contributed by atoms with E-state index in [2.05, 4.69) is 10.1 Å². The van der Waals surface area contributed by atoms with Gasteiger partial charge in [-0.05, 0) is 54.5 Å². The fraction of sp³-hybridized carbons (Fsp3) is 0.185. The number of carbonyl (C=O) groups excluding carboxylic acids is 3. The quantitative estimate of drug-likeness (QED) is 0.113. The highest BCUT2D eigenvalue weighted by Gasteiger charge is 2.35. The zero-order chi connectivity index (χ0) is 29.7. The monoisotopic (exact) mass is 565 g/mol. The first kappa shape index (κ1) is 28.4. The first-order chi connectivity index (χ1) is 19.6. The Balaban J connectivity index is 1.58. The molecule has 1 aliphatic heterocycles. The number of nitrogens with zero attached hydrogens (tertiary/aromatic N) is 2. The minimum atomic E-state index is -1.09. The van der Waals surface area contributed by atoms with E-state index >= 15 is 0 Å². The summed E-state index contributed by atoms with van der Waals surface area (Å²) in [6, 6.07) is 10.4. The van der Waals surface area contributed by atoms with E-state index in [4.69, 9.17) is 19.0 Å². The molecule has 0 bridgehead atoms. The average Bonchev–Trinajstić information content (AvgIpc) is 3.52. The number of amides is 3. The van der Waals surface area contributed by atoms with E-state index in [9.17, 15) is 29.3 Å². The molecule has 3 amide bonds. The Labute approximate surface area is 231 Å². The van der Waals surface area contributed by atoms with Gasteiger partial charge in [0.05, 0.1) is 30.7 Å². The Morgan fingerprint density at radius 1 is 1.12 bits per heavy atom. The smallest absolute Gasteiger partial charge is 0.373 e. The fourth-order valence-electron chi connectivity index (χ4n) is 3.84. The van der Waals surface area contributed by atoms with Gasteiger partial charge >= 0.3 is 23.7 Å².